The number of hydrogen-bond acceptors (Lipinski definition) is 4. The van der Waals surface area contributed by atoms with Gasteiger partial charge in [0.2, 0.25) is 11.8 Å². The third-order valence-corrected chi connectivity index (χ3v) is 3.35. The second kappa shape index (κ2) is 8.26. The monoisotopic (exact) mass is 307 g/mol. The van der Waals surface area contributed by atoms with E-state index >= 15 is 0 Å². The molecule has 0 spiro atoms. The van der Waals surface area contributed by atoms with E-state index in [0.29, 0.717) is 23.0 Å². The van der Waals surface area contributed by atoms with Gasteiger partial charge in [-0.3, -0.25) is 9.59 Å². The molecule has 0 saturated heterocycles. The number of amides is 2. The molecule has 0 aromatic heterocycles. The van der Waals surface area contributed by atoms with Gasteiger partial charge in [-0.1, -0.05) is 13.8 Å². The molecule has 0 fully saturated rings. The maximum atomic E-state index is 11.9. The van der Waals surface area contributed by atoms with Crippen LogP contribution in [0.5, 0.6) is 5.75 Å². The minimum atomic E-state index is -0.153. The molecular formula is C16H25N3O3. The van der Waals surface area contributed by atoms with Crippen molar-refractivity contribution in [2.45, 2.75) is 33.7 Å². The topological polar surface area (TPSA) is 79.5 Å². The fourth-order valence-electron chi connectivity index (χ4n) is 1.77. The summed E-state index contributed by atoms with van der Waals surface area (Å²) >= 11 is 0. The Kier molecular flexibility index (Phi) is 6.69. The standard InChI is InChI=1S/C16H25N3O3/c1-10(2)11(3)18-16(21)9-17-14-8-13(19-12(4)20)6-7-15(14)22-5/h6-8,10-11,17H,9H2,1-5H3,(H,18,21)(H,19,20). The highest BCUT2D eigenvalue weighted by atomic mass is 16.5. The Hall–Kier alpha value is -2.24. The predicted octanol–water partition coefficient (Wildman–Crippen LogP) is 2.23. The first-order valence-corrected chi connectivity index (χ1v) is 7.32. The maximum absolute atomic E-state index is 11.9. The number of nitrogens with one attached hydrogen (secondary N) is 3. The van der Waals surface area contributed by atoms with Crippen molar-refractivity contribution in [1.29, 1.82) is 0 Å². The normalized spacial score (nSPS) is 11.7. The van der Waals surface area contributed by atoms with Gasteiger partial charge in [0.15, 0.2) is 0 Å². The number of anilines is 2. The van der Waals surface area contributed by atoms with Crippen LogP contribution in [0.2, 0.25) is 0 Å². The zero-order valence-electron chi connectivity index (χ0n) is 13.8. The molecule has 22 heavy (non-hydrogen) atoms. The number of hydrogen-bond donors (Lipinski definition) is 3. The maximum Gasteiger partial charge on any atom is 0.239 e. The number of carbonyl (C=O) groups is 2. The molecule has 0 saturated carbocycles. The van der Waals surface area contributed by atoms with Crippen molar-refractivity contribution in [3.05, 3.63) is 18.2 Å². The molecule has 0 aliphatic rings. The Morgan fingerprint density at radius 3 is 2.45 bits per heavy atom. The molecule has 0 bridgehead atoms. The molecule has 3 N–H and O–H groups in total. The lowest BCUT2D eigenvalue weighted by Crippen LogP contribution is -2.39. The summed E-state index contributed by atoms with van der Waals surface area (Å²) in [7, 11) is 1.56. The van der Waals surface area contributed by atoms with Gasteiger partial charge in [0.25, 0.3) is 0 Å². The summed E-state index contributed by atoms with van der Waals surface area (Å²) in [6.45, 7) is 7.66. The largest absolute Gasteiger partial charge is 0.495 e. The summed E-state index contributed by atoms with van der Waals surface area (Å²) < 4.78 is 5.25. The lowest BCUT2D eigenvalue weighted by atomic mass is 10.1. The van der Waals surface area contributed by atoms with Crippen LogP contribution in [0.15, 0.2) is 18.2 Å². The van der Waals surface area contributed by atoms with Gasteiger partial charge < -0.3 is 20.7 Å². The summed E-state index contributed by atoms with van der Waals surface area (Å²) in [6, 6.07) is 5.33. The van der Waals surface area contributed by atoms with Crippen LogP contribution in [-0.2, 0) is 9.59 Å². The molecule has 6 heteroatoms. The number of carbonyl (C=O) groups excluding carboxylic acids is 2. The Morgan fingerprint density at radius 1 is 1.23 bits per heavy atom. The van der Waals surface area contributed by atoms with Crippen LogP contribution < -0.4 is 20.7 Å². The van der Waals surface area contributed by atoms with Crippen molar-refractivity contribution in [3.63, 3.8) is 0 Å². The van der Waals surface area contributed by atoms with E-state index in [0.717, 1.165) is 0 Å². The molecule has 1 atom stereocenters. The molecular weight excluding hydrogens is 282 g/mol. The van der Waals surface area contributed by atoms with Crippen molar-refractivity contribution in [2.24, 2.45) is 5.92 Å². The highest BCUT2D eigenvalue weighted by Gasteiger charge is 2.12. The van der Waals surface area contributed by atoms with E-state index in [9.17, 15) is 9.59 Å². The first kappa shape index (κ1) is 17.8. The van der Waals surface area contributed by atoms with Gasteiger partial charge in [-0.05, 0) is 31.0 Å². The molecule has 6 nitrogen and oxygen atoms in total. The van der Waals surface area contributed by atoms with Crippen LogP contribution in [0.3, 0.4) is 0 Å². The third kappa shape index (κ3) is 5.63. The SMILES string of the molecule is COc1ccc(NC(C)=O)cc1NCC(=O)NC(C)C(C)C. The molecule has 1 aromatic rings. The van der Waals surface area contributed by atoms with Crippen molar-refractivity contribution in [3.8, 4) is 5.75 Å². The zero-order valence-corrected chi connectivity index (χ0v) is 13.8. The second-order valence-corrected chi connectivity index (χ2v) is 5.55. The molecule has 0 heterocycles. The summed E-state index contributed by atoms with van der Waals surface area (Å²) in [5.41, 5.74) is 1.30. The molecule has 1 rings (SSSR count). The van der Waals surface area contributed by atoms with Crippen molar-refractivity contribution < 1.29 is 14.3 Å². The Labute approximate surface area is 131 Å². The van der Waals surface area contributed by atoms with E-state index < -0.39 is 0 Å². The lowest BCUT2D eigenvalue weighted by Gasteiger charge is -2.18. The van der Waals surface area contributed by atoms with Gasteiger partial charge in [0.05, 0.1) is 19.3 Å². The van der Waals surface area contributed by atoms with Gasteiger partial charge in [-0.15, -0.1) is 0 Å². The fraction of sp³-hybridized carbons (Fsp3) is 0.500. The summed E-state index contributed by atoms with van der Waals surface area (Å²) in [5, 5.41) is 8.65. The van der Waals surface area contributed by atoms with E-state index in [2.05, 4.69) is 29.8 Å². The highest BCUT2D eigenvalue weighted by molar-refractivity contribution is 5.90. The number of benzene rings is 1. The van der Waals surface area contributed by atoms with E-state index in [4.69, 9.17) is 4.74 Å². The van der Waals surface area contributed by atoms with Gasteiger partial charge >= 0.3 is 0 Å². The average Bonchev–Trinajstić information content (AvgIpc) is 2.44. The van der Waals surface area contributed by atoms with Gasteiger partial charge in [-0.25, -0.2) is 0 Å². The van der Waals surface area contributed by atoms with Crippen LogP contribution >= 0.6 is 0 Å². The summed E-state index contributed by atoms with van der Waals surface area (Å²) in [4.78, 5) is 23.0. The van der Waals surface area contributed by atoms with Crippen LogP contribution in [-0.4, -0.2) is 31.5 Å². The first-order valence-electron chi connectivity index (χ1n) is 7.32. The smallest absolute Gasteiger partial charge is 0.239 e. The molecule has 0 aliphatic heterocycles. The molecule has 1 unspecified atom stereocenters. The average molecular weight is 307 g/mol. The fourth-order valence-corrected chi connectivity index (χ4v) is 1.77. The van der Waals surface area contributed by atoms with Crippen LogP contribution in [0.25, 0.3) is 0 Å². The molecule has 0 aliphatic carbocycles. The third-order valence-electron chi connectivity index (χ3n) is 3.35. The number of rotatable bonds is 7. The molecule has 2 amide bonds. The quantitative estimate of drug-likeness (QED) is 0.721. The van der Waals surface area contributed by atoms with E-state index in [1.54, 1.807) is 25.3 Å². The lowest BCUT2D eigenvalue weighted by molar-refractivity contribution is -0.120. The van der Waals surface area contributed by atoms with E-state index in [1.165, 1.54) is 6.92 Å². The first-order chi connectivity index (χ1) is 10.3. The van der Waals surface area contributed by atoms with Crippen molar-refractivity contribution >= 4 is 23.2 Å². The Balaban J connectivity index is 2.70. The zero-order chi connectivity index (χ0) is 16.7. The van der Waals surface area contributed by atoms with E-state index in [-0.39, 0.29) is 24.4 Å². The summed E-state index contributed by atoms with van der Waals surface area (Å²) in [6.07, 6.45) is 0. The van der Waals surface area contributed by atoms with Crippen LogP contribution in [0, 0.1) is 5.92 Å². The molecule has 122 valence electrons. The highest BCUT2D eigenvalue weighted by Crippen LogP contribution is 2.27. The van der Waals surface area contributed by atoms with Gasteiger partial charge in [0, 0.05) is 18.7 Å². The van der Waals surface area contributed by atoms with Crippen molar-refractivity contribution in [1.82, 2.24) is 5.32 Å². The van der Waals surface area contributed by atoms with Gasteiger partial charge in [-0.2, -0.15) is 0 Å². The molecule has 1 aromatic carbocycles. The Bertz CT molecular complexity index is 529. The number of methoxy groups -OCH3 is 1. The minimum Gasteiger partial charge on any atom is -0.495 e. The number of ether oxygens (including phenoxy) is 1. The van der Waals surface area contributed by atoms with Crippen molar-refractivity contribution in [2.75, 3.05) is 24.3 Å². The Morgan fingerprint density at radius 2 is 1.91 bits per heavy atom. The van der Waals surface area contributed by atoms with Crippen LogP contribution in [0.1, 0.15) is 27.7 Å². The van der Waals surface area contributed by atoms with Crippen LogP contribution in [0.4, 0.5) is 11.4 Å². The van der Waals surface area contributed by atoms with Gasteiger partial charge in [0.1, 0.15) is 5.75 Å². The van der Waals surface area contributed by atoms with E-state index in [1.807, 2.05) is 6.92 Å². The minimum absolute atomic E-state index is 0.0896. The summed E-state index contributed by atoms with van der Waals surface area (Å²) in [5.74, 6) is 0.744. The second-order valence-electron chi connectivity index (χ2n) is 5.55. The predicted molar refractivity (Wildman–Crippen MR) is 88.2 cm³/mol. The molecule has 0 radical (unpaired) electrons.